The van der Waals surface area contributed by atoms with Crippen LogP contribution in [0.5, 0.6) is 5.75 Å². The maximum atomic E-state index is 12.3. The Morgan fingerprint density at radius 2 is 1.88 bits per heavy atom. The van der Waals surface area contributed by atoms with E-state index in [-0.39, 0.29) is 18.2 Å². The number of aliphatic imine (C=N–C) groups is 1. The fourth-order valence-electron chi connectivity index (χ4n) is 2.34. The molecule has 0 unspecified atom stereocenters. The standard InChI is InChI=1S/C19H16Cl2N2O3/c1-23(2)15(11-25-16-9-8-13(20)10-14(16)21)17-19(24)26-18(22-17)12-6-4-3-5-7-12/h3-10H,11H2,1-2H3. The zero-order valence-electron chi connectivity index (χ0n) is 14.2. The molecule has 2 aromatic carbocycles. The Bertz CT molecular complexity index is 893. The van der Waals surface area contributed by atoms with Gasteiger partial charge in [0, 0.05) is 24.7 Å². The van der Waals surface area contributed by atoms with Crippen molar-refractivity contribution < 1.29 is 14.3 Å². The van der Waals surface area contributed by atoms with Gasteiger partial charge < -0.3 is 14.4 Å². The second-order valence-corrected chi connectivity index (χ2v) is 6.57. The summed E-state index contributed by atoms with van der Waals surface area (Å²) >= 11 is 12.0. The van der Waals surface area contributed by atoms with Crippen LogP contribution >= 0.6 is 23.2 Å². The lowest BCUT2D eigenvalue weighted by molar-refractivity contribution is -0.130. The number of rotatable bonds is 5. The highest BCUT2D eigenvalue weighted by Crippen LogP contribution is 2.28. The zero-order chi connectivity index (χ0) is 18.7. The monoisotopic (exact) mass is 390 g/mol. The van der Waals surface area contributed by atoms with E-state index in [2.05, 4.69) is 4.99 Å². The largest absolute Gasteiger partial charge is 0.486 e. The summed E-state index contributed by atoms with van der Waals surface area (Å²) in [5, 5.41) is 0.910. The third kappa shape index (κ3) is 4.00. The van der Waals surface area contributed by atoms with Crippen LogP contribution in [0.2, 0.25) is 10.0 Å². The normalized spacial score (nSPS) is 15.4. The van der Waals surface area contributed by atoms with Crippen molar-refractivity contribution >= 4 is 35.1 Å². The maximum Gasteiger partial charge on any atom is 0.365 e. The van der Waals surface area contributed by atoms with E-state index < -0.39 is 5.97 Å². The van der Waals surface area contributed by atoms with Gasteiger partial charge in [-0.3, -0.25) is 0 Å². The first-order valence-corrected chi connectivity index (χ1v) is 8.56. The molecular formula is C19H16Cl2N2O3. The van der Waals surface area contributed by atoms with Gasteiger partial charge in [-0.25, -0.2) is 9.79 Å². The number of carbonyl (C=O) groups is 1. The second kappa shape index (κ2) is 7.81. The lowest BCUT2D eigenvalue weighted by Crippen LogP contribution is -2.21. The molecule has 0 amide bonds. The van der Waals surface area contributed by atoms with Crippen LogP contribution in [0, 0.1) is 0 Å². The molecule has 0 saturated carbocycles. The zero-order valence-corrected chi connectivity index (χ0v) is 15.7. The van der Waals surface area contributed by atoms with Crippen molar-refractivity contribution in [3.8, 4) is 5.75 Å². The van der Waals surface area contributed by atoms with Crippen LogP contribution in [0.15, 0.2) is 64.9 Å². The van der Waals surface area contributed by atoms with Crippen LogP contribution in [0.3, 0.4) is 0 Å². The average molecular weight is 391 g/mol. The number of hydrogen-bond donors (Lipinski definition) is 0. The third-order valence-electron chi connectivity index (χ3n) is 3.69. The van der Waals surface area contributed by atoms with Crippen molar-refractivity contribution in [1.82, 2.24) is 4.90 Å². The van der Waals surface area contributed by atoms with E-state index in [4.69, 9.17) is 32.7 Å². The Hall–Kier alpha value is -2.50. The predicted molar refractivity (Wildman–Crippen MR) is 102 cm³/mol. The summed E-state index contributed by atoms with van der Waals surface area (Å²) in [7, 11) is 3.61. The highest BCUT2D eigenvalue weighted by Gasteiger charge is 2.28. The van der Waals surface area contributed by atoms with Crippen LogP contribution in [-0.4, -0.2) is 37.5 Å². The van der Waals surface area contributed by atoms with Crippen LogP contribution < -0.4 is 4.74 Å². The molecule has 0 spiro atoms. The number of nitrogens with zero attached hydrogens (tertiary/aromatic N) is 2. The minimum absolute atomic E-state index is 0.102. The van der Waals surface area contributed by atoms with Gasteiger partial charge in [0.2, 0.25) is 5.90 Å². The van der Waals surface area contributed by atoms with E-state index in [1.165, 1.54) is 0 Å². The molecule has 1 aliphatic rings. The van der Waals surface area contributed by atoms with Crippen molar-refractivity contribution in [2.24, 2.45) is 4.99 Å². The van der Waals surface area contributed by atoms with E-state index in [1.54, 1.807) is 37.2 Å². The van der Waals surface area contributed by atoms with E-state index >= 15 is 0 Å². The molecule has 2 aromatic rings. The van der Waals surface area contributed by atoms with Gasteiger partial charge in [-0.1, -0.05) is 41.4 Å². The number of likely N-dealkylation sites (N-methyl/N-ethyl adjacent to an activating group) is 1. The Kier molecular flexibility index (Phi) is 5.49. The van der Waals surface area contributed by atoms with Gasteiger partial charge in [0.15, 0.2) is 5.70 Å². The van der Waals surface area contributed by atoms with Gasteiger partial charge in [-0.05, 0) is 30.3 Å². The van der Waals surface area contributed by atoms with Crippen molar-refractivity contribution in [1.29, 1.82) is 0 Å². The summed E-state index contributed by atoms with van der Waals surface area (Å²) in [5.41, 5.74) is 1.52. The highest BCUT2D eigenvalue weighted by molar-refractivity contribution is 6.35. The number of halogens is 2. The van der Waals surface area contributed by atoms with E-state index in [0.29, 0.717) is 21.5 Å². The van der Waals surface area contributed by atoms with Crippen LogP contribution in [0.25, 0.3) is 0 Å². The summed E-state index contributed by atoms with van der Waals surface area (Å²) in [4.78, 5) is 18.4. The van der Waals surface area contributed by atoms with Gasteiger partial charge in [0.05, 0.1) is 10.7 Å². The SMILES string of the molecule is CN(C)C(COc1ccc(Cl)cc1Cl)=C1N=C(c2ccccc2)OC1=O. The number of esters is 1. The van der Waals surface area contributed by atoms with Crippen LogP contribution in [0.1, 0.15) is 5.56 Å². The summed E-state index contributed by atoms with van der Waals surface area (Å²) in [6.45, 7) is 0.102. The molecule has 0 aromatic heterocycles. The molecule has 0 N–H and O–H groups in total. The smallest absolute Gasteiger partial charge is 0.365 e. The third-order valence-corrected chi connectivity index (χ3v) is 4.22. The molecule has 134 valence electrons. The van der Waals surface area contributed by atoms with E-state index in [9.17, 15) is 4.79 Å². The summed E-state index contributed by atoms with van der Waals surface area (Å²) in [6, 6.07) is 14.2. The second-order valence-electron chi connectivity index (χ2n) is 5.73. The first-order chi connectivity index (χ1) is 12.5. The fourth-order valence-corrected chi connectivity index (χ4v) is 2.80. The number of hydrogen-bond acceptors (Lipinski definition) is 5. The Balaban J connectivity index is 1.88. The van der Waals surface area contributed by atoms with Gasteiger partial charge in [-0.2, -0.15) is 0 Å². The molecule has 1 aliphatic heterocycles. The number of ether oxygens (including phenoxy) is 2. The van der Waals surface area contributed by atoms with Gasteiger partial charge in [0.25, 0.3) is 0 Å². The minimum Gasteiger partial charge on any atom is -0.486 e. The molecule has 0 bridgehead atoms. The maximum absolute atomic E-state index is 12.3. The molecule has 0 saturated heterocycles. The van der Waals surface area contributed by atoms with Crippen molar-refractivity contribution in [3.05, 3.63) is 75.5 Å². The molecule has 0 fully saturated rings. The quantitative estimate of drug-likeness (QED) is 0.568. The molecular weight excluding hydrogens is 375 g/mol. The van der Waals surface area contributed by atoms with Gasteiger partial charge in [0.1, 0.15) is 12.4 Å². The van der Waals surface area contributed by atoms with Crippen molar-refractivity contribution in [2.75, 3.05) is 20.7 Å². The highest BCUT2D eigenvalue weighted by atomic mass is 35.5. The lowest BCUT2D eigenvalue weighted by atomic mass is 10.2. The first kappa shape index (κ1) is 18.3. The van der Waals surface area contributed by atoms with Gasteiger partial charge >= 0.3 is 5.97 Å². The number of benzene rings is 2. The molecule has 3 rings (SSSR count). The fraction of sp³-hybridized carbons (Fsp3) is 0.158. The molecule has 5 nitrogen and oxygen atoms in total. The molecule has 0 radical (unpaired) electrons. The minimum atomic E-state index is -0.515. The number of carbonyl (C=O) groups excluding carboxylic acids is 1. The first-order valence-electron chi connectivity index (χ1n) is 7.80. The summed E-state index contributed by atoms with van der Waals surface area (Å²) in [5.74, 6) is 0.225. The Morgan fingerprint density at radius 3 is 2.54 bits per heavy atom. The predicted octanol–water partition coefficient (Wildman–Crippen LogP) is 4.15. The van der Waals surface area contributed by atoms with Crippen molar-refractivity contribution in [2.45, 2.75) is 0 Å². The average Bonchev–Trinajstić information content (AvgIpc) is 2.99. The lowest BCUT2D eigenvalue weighted by Gasteiger charge is -2.18. The summed E-state index contributed by atoms with van der Waals surface area (Å²) in [6.07, 6.45) is 0. The van der Waals surface area contributed by atoms with E-state index in [1.807, 2.05) is 30.3 Å². The van der Waals surface area contributed by atoms with Crippen molar-refractivity contribution in [3.63, 3.8) is 0 Å². The molecule has 26 heavy (non-hydrogen) atoms. The van der Waals surface area contributed by atoms with E-state index in [0.717, 1.165) is 5.56 Å². The molecule has 7 heteroatoms. The topological polar surface area (TPSA) is 51.1 Å². The number of cyclic esters (lactones) is 1. The van der Waals surface area contributed by atoms with Crippen LogP contribution in [0.4, 0.5) is 0 Å². The van der Waals surface area contributed by atoms with Gasteiger partial charge in [-0.15, -0.1) is 0 Å². The Labute approximate surface area is 161 Å². The molecule has 0 atom stereocenters. The summed E-state index contributed by atoms with van der Waals surface area (Å²) < 4.78 is 11.1. The van der Waals surface area contributed by atoms with Crippen LogP contribution in [-0.2, 0) is 9.53 Å². The Morgan fingerprint density at radius 1 is 1.15 bits per heavy atom. The molecule has 1 heterocycles. The molecule has 0 aliphatic carbocycles.